The van der Waals surface area contributed by atoms with Crippen molar-refractivity contribution >= 4 is 27.5 Å². The molecule has 0 fully saturated rings. The molecule has 0 aromatic heterocycles. The summed E-state index contributed by atoms with van der Waals surface area (Å²) in [6.45, 7) is 4.83. The smallest absolute Gasteiger partial charge is 0.414 e. The number of cyclic esters (lactones) is 1. The summed E-state index contributed by atoms with van der Waals surface area (Å²) in [7, 11) is -3.57. The van der Waals surface area contributed by atoms with E-state index in [-0.39, 0.29) is 30.7 Å². The van der Waals surface area contributed by atoms with E-state index in [0.29, 0.717) is 18.5 Å². The highest BCUT2D eigenvalue weighted by Gasteiger charge is 2.28. The van der Waals surface area contributed by atoms with Gasteiger partial charge in [-0.2, -0.15) is 0 Å². The molecule has 0 spiro atoms. The van der Waals surface area contributed by atoms with Crippen LogP contribution in [0.4, 0.5) is 16.2 Å². The molecule has 2 aromatic rings. The van der Waals surface area contributed by atoms with Gasteiger partial charge < -0.3 is 20.3 Å². The normalized spacial score (nSPS) is 15.1. The summed E-state index contributed by atoms with van der Waals surface area (Å²) in [5.74, 6) is -0.228. The number of phenols is 1. The number of carbonyl (C=O) groups excluding carboxylic acids is 1. The monoisotopic (exact) mass is 463 g/mol. The van der Waals surface area contributed by atoms with E-state index in [0.717, 1.165) is 17.5 Å². The number of aliphatic hydroxyl groups excluding tert-OH is 1. The van der Waals surface area contributed by atoms with Crippen LogP contribution in [0.1, 0.15) is 37.5 Å². The first-order valence-electron chi connectivity index (χ1n) is 10.2. The van der Waals surface area contributed by atoms with Crippen molar-refractivity contribution in [2.75, 3.05) is 29.0 Å². The van der Waals surface area contributed by atoms with Crippen molar-refractivity contribution in [3.8, 4) is 5.75 Å². The second-order valence-corrected chi connectivity index (χ2v) is 10.3. The van der Waals surface area contributed by atoms with E-state index < -0.39 is 21.7 Å². The standard InChI is InChI=1S/C22H29N3O6S/c1-22(2,10-11-25-18-7-5-4-6-16(18)14-31-21(25)28)23-13-20(27)15-8-9-19(26)17(12-15)24-32(3,29)30/h4-9,12,20,23-24,26-27H,10-11,13-14H2,1-3H3. The first-order chi connectivity index (χ1) is 15.0. The van der Waals surface area contributed by atoms with Crippen LogP contribution in [0.15, 0.2) is 42.5 Å². The van der Waals surface area contributed by atoms with E-state index >= 15 is 0 Å². The Bertz CT molecular complexity index is 1090. The molecule has 0 saturated carbocycles. The Morgan fingerprint density at radius 3 is 2.66 bits per heavy atom. The van der Waals surface area contributed by atoms with E-state index in [4.69, 9.17) is 4.74 Å². The average Bonchev–Trinajstić information content (AvgIpc) is 2.72. The Morgan fingerprint density at radius 2 is 1.94 bits per heavy atom. The molecule has 0 radical (unpaired) electrons. The molecule has 1 heterocycles. The van der Waals surface area contributed by atoms with Gasteiger partial charge in [-0.3, -0.25) is 9.62 Å². The second-order valence-electron chi connectivity index (χ2n) is 8.52. The predicted molar refractivity (Wildman–Crippen MR) is 122 cm³/mol. The number of para-hydroxylation sites is 1. The lowest BCUT2D eigenvalue weighted by atomic mass is 9.98. The molecule has 1 aliphatic rings. The molecule has 10 heteroatoms. The molecule has 0 saturated heterocycles. The maximum Gasteiger partial charge on any atom is 0.414 e. The number of hydrogen-bond acceptors (Lipinski definition) is 7. The number of nitrogens with one attached hydrogen (secondary N) is 2. The number of phenolic OH excluding ortho intramolecular Hbond substituents is 1. The fourth-order valence-electron chi connectivity index (χ4n) is 3.44. The Labute approximate surface area is 188 Å². The topological polar surface area (TPSA) is 128 Å². The maximum absolute atomic E-state index is 12.3. The molecule has 2 aromatic carbocycles. The molecule has 32 heavy (non-hydrogen) atoms. The number of β-amino-alcohol motifs (C(OH)–C–C–N with tert-alkyl or cyclic N) is 1. The fraction of sp³-hybridized carbons (Fsp3) is 0.409. The van der Waals surface area contributed by atoms with Crippen LogP contribution in [-0.4, -0.2) is 49.6 Å². The number of fused-ring (bicyclic) bond motifs is 1. The molecular weight excluding hydrogens is 434 g/mol. The largest absolute Gasteiger partial charge is 0.506 e. The molecular formula is C22H29N3O6S. The lowest BCUT2D eigenvalue weighted by Crippen LogP contribution is -2.46. The molecule has 0 aliphatic carbocycles. The zero-order valence-electron chi connectivity index (χ0n) is 18.3. The maximum atomic E-state index is 12.3. The van der Waals surface area contributed by atoms with E-state index in [1.807, 2.05) is 38.1 Å². The molecule has 1 atom stereocenters. The highest BCUT2D eigenvalue weighted by atomic mass is 32.2. The Hall–Kier alpha value is -2.82. The van der Waals surface area contributed by atoms with Gasteiger partial charge in [-0.1, -0.05) is 24.3 Å². The van der Waals surface area contributed by atoms with Crippen molar-refractivity contribution in [1.82, 2.24) is 5.32 Å². The van der Waals surface area contributed by atoms with Crippen molar-refractivity contribution in [2.24, 2.45) is 0 Å². The van der Waals surface area contributed by atoms with Gasteiger partial charge in [0.15, 0.2) is 0 Å². The van der Waals surface area contributed by atoms with Gasteiger partial charge >= 0.3 is 6.09 Å². The molecule has 4 N–H and O–H groups in total. The number of nitrogens with zero attached hydrogens (tertiary/aromatic N) is 1. The third-order valence-electron chi connectivity index (χ3n) is 5.29. The van der Waals surface area contributed by atoms with Crippen molar-refractivity contribution in [2.45, 2.75) is 38.5 Å². The van der Waals surface area contributed by atoms with Crippen LogP contribution >= 0.6 is 0 Å². The van der Waals surface area contributed by atoms with Gasteiger partial charge in [0, 0.05) is 24.2 Å². The zero-order chi connectivity index (χ0) is 23.5. The number of aliphatic hydroxyl groups is 1. The SMILES string of the molecule is CC(C)(CCN1C(=O)OCc2ccccc21)NCC(O)c1ccc(O)c(NS(C)(=O)=O)c1. The quantitative estimate of drug-likeness (QED) is 0.421. The minimum absolute atomic E-state index is 0.00517. The number of ether oxygens (including phenoxy) is 1. The third kappa shape index (κ3) is 6.12. The van der Waals surface area contributed by atoms with Crippen LogP contribution < -0.4 is 14.9 Å². The summed E-state index contributed by atoms with van der Waals surface area (Å²) >= 11 is 0. The molecule has 1 aliphatic heterocycles. The van der Waals surface area contributed by atoms with Crippen molar-refractivity contribution in [3.63, 3.8) is 0 Å². The van der Waals surface area contributed by atoms with Gasteiger partial charge in [0.25, 0.3) is 0 Å². The Kier molecular flexibility index (Phi) is 6.97. The molecule has 0 bridgehead atoms. The van der Waals surface area contributed by atoms with Crippen LogP contribution in [0, 0.1) is 0 Å². The summed E-state index contributed by atoms with van der Waals surface area (Å²) in [5.41, 5.74) is 1.84. The lowest BCUT2D eigenvalue weighted by Gasteiger charge is -2.33. The van der Waals surface area contributed by atoms with E-state index in [1.165, 1.54) is 18.2 Å². The van der Waals surface area contributed by atoms with E-state index in [1.54, 1.807) is 4.90 Å². The highest BCUT2D eigenvalue weighted by molar-refractivity contribution is 7.92. The number of sulfonamides is 1. The highest BCUT2D eigenvalue weighted by Crippen LogP contribution is 2.29. The molecule has 1 amide bonds. The predicted octanol–water partition coefficient (Wildman–Crippen LogP) is 2.71. The van der Waals surface area contributed by atoms with Crippen LogP contribution in [0.5, 0.6) is 5.75 Å². The summed E-state index contributed by atoms with van der Waals surface area (Å²) < 4.78 is 30.4. The first-order valence-corrected chi connectivity index (χ1v) is 12.1. The number of rotatable bonds is 9. The summed E-state index contributed by atoms with van der Waals surface area (Å²) in [5, 5.41) is 23.7. The van der Waals surface area contributed by atoms with Crippen molar-refractivity contribution in [1.29, 1.82) is 0 Å². The zero-order valence-corrected chi connectivity index (χ0v) is 19.1. The average molecular weight is 464 g/mol. The van der Waals surface area contributed by atoms with Gasteiger partial charge in [0.2, 0.25) is 10.0 Å². The van der Waals surface area contributed by atoms with Crippen LogP contribution in [0.25, 0.3) is 0 Å². The molecule has 3 rings (SSSR count). The second kappa shape index (κ2) is 9.35. The van der Waals surface area contributed by atoms with Gasteiger partial charge in [0.1, 0.15) is 12.4 Å². The number of aromatic hydroxyl groups is 1. The fourth-order valence-corrected chi connectivity index (χ4v) is 4.00. The van der Waals surface area contributed by atoms with E-state index in [9.17, 15) is 23.4 Å². The van der Waals surface area contributed by atoms with Crippen LogP contribution in [0.2, 0.25) is 0 Å². The van der Waals surface area contributed by atoms with Gasteiger partial charge in [-0.15, -0.1) is 0 Å². The minimum Gasteiger partial charge on any atom is -0.506 e. The number of anilines is 2. The Morgan fingerprint density at radius 1 is 1.22 bits per heavy atom. The lowest BCUT2D eigenvalue weighted by molar-refractivity contribution is 0.139. The number of amides is 1. The first kappa shape index (κ1) is 23.8. The molecule has 9 nitrogen and oxygen atoms in total. The van der Waals surface area contributed by atoms with E-state index in [2.05, 4.69) is 10.0 Å². The summed E-state index contributed by atoms with van der Waals surface area (Å²) in [4.78, 5) is 13.9. The number of carbonyl (C=O) groups is 1. The number of benzene rings is 2. The van der Waals surface area contributed by atoms with Crippen LogP contribution in [-0.2, 0) is 21.4 Å². The van der Waals surface area contributed by atoms with Crippen molar-refractivity contribution in [3.05, 3.63) is 53.6 Å². The molecule has 1 unspecified atom stereocenters. The van der Waals surface area contributed by atoms with Gasteiger partial charge in [-0.25, -0.2) is 13.2 Å². The summed E-state index contributed by atoms with van der Waals surface area (Å²) in [6.07, 6.45) is 0.264. The summed E-state index contributed by atoms with van der Waals surface area (Å²) in [6, 6.07) is 11.9. The minimum atomic E-state index is -3.57. The van der Waals surface area contributed by atoms with Gasteiger partial charge in [0.05, 0.1) is 23.7 Å². The molecule has 174 valence electrons. The van der Waals surface area contributed by atoms with Gasteiger partial charge in [-0.05, 0) is 44.0 Å². The number of hydrogen-bond donors (Lipinski definition) is 4. The third-order valence-corrected chi connectivity index (χ3v) is 5.88. The van der Waals surface area contributed by atoms with Crippen molar-refractivity contribution < 1.29 is 28.2 Å². The Balaban J connectivity index is 1.60. The van der Waals surface area contributed by atoms with Crippen LogP contribution in [0.3, 0.4) is 0 Å².